The second-order valence-electron chi connectivity index (χ2n) is 7.16. The van der Waals surface area contributed by atoms with E-state index in [4.69, 9.17) is 16.6 Å². The number of likely N-dealkylation sites (tertiary alicyclic amines) is 1. The van der Waals surface area contributed by atoms with Crippen LogP contribution in [0.3, 0.4) is 0 Å². The van der Waals surface area contributed by atoms with Gasteiger partial charge < -0.3 is 15.5 Å². The van der Waals surface area contributed by atoms with Gasteiger partial charge in [-0.15, -0.1) is 0 Å². The van der Waals surface area contributed by atoms with Gasteiger partial charge in [-0.1, -0.05) is 24.6 Å². The van der Waals surface area contributed by atoms with Crippen molar-refractivity contribution >= 4 is 17.6 Å². The molecule has 1 aliphatic heterocycles. The van der Waals surface area contributed by atoms with Gasteiger partial charge in [-0.05, 0) is 76.2 Å². The molecule has 26 heavy (non-hydrogen) atoms. The van der Waals surface area contributed by atoms with E-state index in [-0.39, 0.29) is 0 Å². The second-order valence-corrected chi connectivity index (χ2v) is 7.55. The van der Waals surface area contributed by atoms with Crippen molar-refractivity contribution in [2.75, 3.05) is 39.3 Å². The van der Waals surface area contributed by atoms with Gasteiger partial charge in [0.1, 0.15) is 5.15 Å². The molecular weight excluding hydrogens is 346 g/mol. The highest BCUT2D eigenvalue weighted by molar-refractivity contribution is 6.29. The van der Waals surface area contributed by atoms with Gasteiger partial charge in [0.25, 0.3) is 0 Å². The molecule has 0 spiro atoms. The molecule has 0 bridgehead atoms. The van der Waals surface area contributed by atoms with Crippen LogP contribution in [-0.2, 0) is 6.42 Å². The molecule has 1 aromatic heterocycles. The van der Waals surface area contributed by atoms with Crippen LogP contribution in [0.15, 0.2) is 23.3 Å². The fourth-order valence-corrected chi connectivity index (χ4v) is 3.26. The highest BCUT2D eigenvalue weighted by atomic mass is 35.5. The maximum absolute atomic E-state index is 5.82. The molecule has 0 amide bonds. The average Bonchev–Trinajstić information content (AvgIpc) is 2.64. The van der Waals surface area contributed by atoms with E-state index in [1.165, 1.54) is 44.5 Å². The van der Waals surface area contributed by atoms with Gasteiger partial charge in [-0.2, -0.15) is 0 Å². The van der Waals surface area contributed by atoms with Gasteiger partial charge in [0.2, 0.25) is 0 Å². The molecule has 146 valence electrons. The van der Waals surface area contributed by atoms with Crippen LogP contribution in [0.4, 0.5) is 0 Å². The summed E-state index contributed by atoms with van der Waals surface area (Å²) >= 11 is 5.82. The molecule has 0 aromatic carbocycles. The topological polar surface area (TPSA) is 52.6 Å². The minimum Gasteiger partial charge on any atom is -0.357 e. The molecule has 2 rings (SSSR count). The van der Waals surface area contributed by atoms with Gasteiger partial charge in [-0.3, -0.25) is 4.99 Å². The molecule has 6 heteroatoms. The van der Waals surface area contributed by atoms with Crippen LogP contribution in [0, 0.1) is 5.92 Å². The Hall–Kier alpha value is -1.33. The number of pyridine rings is 1. The lowest BCUT2D eigenvalue weighted by Gasteiger charge is -2.30. The van der Waals surface area contributed by atoms with Crippen molar-refractivity contribution in [1.82, 2.24) is 20.5 Å². The number of aromatic nitrogens is 1. The highest BCUT2D eigenvalue weighted by Crippen LogP contribution is 2.16. The summed E-state index contributed by atoms with van der Waals surface area (Å²) in [6, 6.07) is 3.85. The number of nitrogens with one attached hydrogen (secondary N) is 2. The molecule has 1 saturated heterocycles. The summed E-state index contributed by atoms with van der Waals surface area (Å²) < 4.78 is 0. The Balaban J connectivity index is 1.61. The van der Waals surface area contributed by atoms with Crippen LogP contribution in [-0.4, -0.2) is 55.1 Å². The predicted octanol–water partition coefficient (Wildman–Crippen LogP) is 3.34. The maximum Gasteiger partial charge on any atom is 0.191 e. The number of unbranched alkanes of at least 4 members (excludes halogenated alkanes) is 1. The maximum atomic E-state index is 5.82. The first-order chi connectivity index (χ1) is 12.7. The number of hydrogen-bond acceptors (Lipinski definition) is 3. The first kappa shape index (κ1) is 21.0. The van der Waals surface area contributed by atoms with Gasteiger partial charge in [-0.25, -0.2) is 4.98 Å². The highest BCUT2D eigenvalue weighted by Gasteiger charge is 2.14. The SMILES string of the molecule is CCNC(=NCCCCN1CCC(C)CC1)NCCc1ccc(Cl)nc1. The van der Waals surface area contributed by atoms with E-state index in [0.29, 0.717) is 5.15 Å². The minimum absolute atomic E-state index is 0.538. The number of rotatable bonds is 9. The molecule has 0 unspecified atom stereocenters. The molecule has 1 aromatic rings. The fraction of sp³-hybridized carbons (Fsp3) is 0.700. The quantitative estimate of drug-likeness (QED) is 0.299. The number of halogens is 1. The van der Waals surface area contributed by atoms with Crippen LogP contribution < -0.4 is 10.6 Å². The third-order valence-corrected chi connectivity index (χ3v) is 5.09. The molecule has 0 aliphatic carbocycles. The van der Waals surface area contributed by atoms with Crippen LogP contribution in [0.5, 0.6) is 0 Å². The van der Waals surface area contributed by atoms with Crippen molar-refractivity contribution in [1.29, 1.82) is 0 Å². The Morgan fingerprint density at radius 1 is 1.27 bits per heavy atom. The Bertz CT molecular complexity index is 524. The van der Waals surface area contributed by atoms with Crippen molar-refractivity contribution < 1.29 is 0 Å². The molecule has 1 aliphatic rings. The molecule has 0 saturated carbocycles. The number of aliphatic imine (C=N–C) groups is 1. The zero-order valence-electron chi connectivity index (χ0n) is 16.3. The lowest BCUT2D eigenvalue weighted by atomic mass is 9.99. The number of nitrogens with zero attached hydrogens (tertiary/aromatic N) is 3. The predicted molar refractivity (Wildman–Crippen MR) is 111 cm³/mol. The molecule has 0 atom stereocenters. The summed E-state index contributed by atoms with van der Waals surface area (Å²) in [6.45, 7) is 10.8. The summed E-state index contributed by atoms with van der Waals surface area (Å²) in [5.41, 5.74) is 1.17. The van der Waals surface area contributed by atoms with Crippen LogP contribution in [0.1, 0.15) is 45.1 Å². The Kier molecular flexibility index (Phi) is 9.78. The monoisotopic (exact) mass is 379 g/mol. The van der Waals surface area contributed by atoms with Crippen molar-refractivity contribution in [3.63, 3.8) is 0 Å². The molecule has 2 N–H and O–H groups in total. The van der Waals surface area contributed by atoms with Crippen LogP contribution >= 0.6 is 11.6 Å². The summed E-state index contributed by atoms with van der Waals surface area (Å²) in [5.74, 6) is 1.81. The summed E-state index contributed by atoms with van der Waals surface area (Å²) in [4.78, 5) is 11.4. The third kappa shape index (κ3) is 8.37. The normalized spacial score (nSPS) is 16.7. The Morgan fingerprint density at radius 2 is 2.08 bits per heavy atom. The average molecular weight is 380 g/mol. The first-order valence-electron chi connectivity index (χ1n) is 10.0. The van der Waals surface area contributed by atoms with E-state index in [1.807, 2.05) is 18.3 Å². The van der Waals surface area contributed by atoms with E-state index in [9.17, 15) is 0 Å². The Morgan fingerprint density at radius 3 is 2.77 bits per heavy atom. The second kappa shape index (κ2) is 12.1. The smallest absolute Gasteiger partial charge is 0.191 e. The van der Waals surface area contributed by atoms with E-state index < -0.39 is 0 Å². The van der Waals surface area contributed by atoms with Crippen molar-refractivity contribution in [2.45, 2.75) is 46.0 Å². The summed E-state index contributed by atoms with van der Waals surface area (Å²) in [7, 11) is 0. The van der Waals surface area contributed by atoms with E-state index in [0.717, 1.165) is 44.4 Å². The minimum atomic E-state index is 0.538. The van der Waals surface area contributed by atoms with E-state index in [2.05, 4.69) is 34.4 Å². The molecule has 1 fully saturated rings. The standard InChI is InChI=1S/C20H34ClN5/c1-3-22-20(24-12-8-18-6-7-19(21)25-16-18)23-11-4-5-13-26-14-9-17(2)10-15-26/h6-7,16-17H,3-5,8-15H2,1-2H3,(H2,22,23,24). The van der Waals surface area contributed by atoms with Crippen molar-refractivity contribution in [3.05, 3.63) is 29.0 Å². The largest absolute Gasteiger partial charge is 0.357 e. The fourth-order valence-electron chi connectivity index (χ4n) is 3.15. The molecule has 2 heterocycles. The van der Waals surface area contributed by atoms with E-state index in [1.54, 1.807) is 0 Å². The van der Waals surface area contributed by atoms with Crippen LogP contribution in [0.2, 0.25) is 5.15 Å². The summed E-state index contributed by atoms with van der Waals surface area (Å²) in [6.07, 6.45) is 7.82. The Labute approximate surface area is 163 Å². The summed E-state index contributed by atoms with van der Waals surface area (Å²) in [5, 5.41) is 7.25. The van der Waals surface area contributed by atoms with Gasteiger partial charge >= 0.3 is 0 Å². The lowest BCUT2D eigenvalue weighted by Crippen LogP contribution is -2.38. The van der Waals surface area contributed by atoms with E-state index >= 15 is 0 Å². The number of hydrogen-bond donors (Lipinski definition) is 2. The van der Waals surface area contributed by atoms with Gasteiger partial charge in [0.15, 0.2) is 5.96 Å². The van der Waals surface area contributed by atoms with Gasteiger partial charge in [0, 0.05) is 25.8 Å². The number of piperidine rings is 1. The first-order valence-corrected chi connectivity index (χ1v) is 10.4. The van der Waals surface area contributed by atoms with Gasteiger partial charge in [0.05, 0.1) is 0 Å². The van der Waals surface area contributed by atoms with Crippen molar-refractivity contribution in [2.24, 2.45) is 10.9 Å². The number of guanidine groups is 1. The molecular formula is C20H34ClN5. The zero-order valence-corrected chi connectivity index (χ0v) is 17.1. The molecule has 0 radical (unpaired) electrons. The lowest BCUT2D eigenvalue weighted by molar-refractivity contribution is 0.190. The van der Waals surface area contributed by atoms with Crippen LogP contribution in [0.25, 0.3) is 0 Å². The van der Waals surface area contributed by atoms with Crippen molar-refractivity contribution in [3.8, 4) is 0 Å². The zero-order chi connectivity index (χ0) is 18.6. The molecule has 5 nitrogen and oxygen atoms in total. The third-order valence-electron chi connectivity index (χ3n) is 4.87.